The molecule has 0 radical (unpaired) electrons. The van der Waals surface area contributed by atoms with Gasteiger partial charge in [0, 0.05) is 0 Å². The molecule has 5 nitrogen and oxygen atoms in total. The van der Waals surface area contributed by atoms with Crippen molar-refractivity contribution in [2.24, 2.45) is 0 Å². The topological polar surface area (TPSA) is 75.6 Å². The van der Waals surface area contributed by atoms with Crippen molar-refractivity contribution in [1.82, 2.24) is 5.32 Å². The highest BCUT2D eigenvalue weighted by Crippen LogP contribution is 2.19. The molecule has 0 saturated carbocycles. The van der Waals surface area contributed by atoms with Crippen molar-refractivity contribution in [3.05, 3.63) is 29.3 Å². The molecule has 0 fully saturated rings. The second-order valence-electron chi connectivity index (χ2n) is 5.35. The zero-order valence-corrected chi connectivity index (χ0v) is 12.3. The van der Waals surface area contributed by atoms with Crippen LogP contribution in [0.25, 0.3) is 0 Å². The zero-order chi connectivity index (χ0) is 15.3. The molecule has 20 heavy (non-hydrogen) atoms. The number of carboxylic acids is 1. The molecule has 1 aromatic carbocycles. The van der Waals surface area contributed by atoms with Crippen molar-refractivity contribution in [1.29, 1.82) is 0 Å². The Balaban J connectivity index is 2.47. The maximum Gasteiger partial charge on any atom is 0.328 e. The van der Waals surface area contributed by atoms with Crippen molar-refractivity contribution in [2.75, 3.05) is 6.61 Å². The first-order valence-electron chi connectivity index (χ1n) is 6.47. The van der Waals surface area contributed by atoms with Crippen molar-refractivity contribution in [2.45, 2.75) is 39.7 Å². The Kier molecular flexibility index (Phi) is 5.13. The van der Waals surface area contributed by atoms with Gasteiger partial charge in [0.15, 0.2) is 0 Å². The average molecular weight is 279 g/mol. The summed E-state index contributed by atoms with van der Waals surface area (Å²) in [4.78, 5) is 22.5. The van der Waals surface area contributed by atoms with Gasteiger partial charge in [-0.1, -0.05) is 12.1 Å². The van der Waals surface area contributed by atoms with Crippen LogP contribution in [0.3, 0.4) is 0 Å². The summed E-state index contributed by atoms with van der Waals surface area (Å²) in [5.41, 5.74) is 0.819. The molecule has 0 spiro atoms. The summed E-state index contributed by atoms with van der Waals surface area (Å²) < 4.78 is 5.55. The van der Waals surface area contributed by atoms with Crippen LogP contribution in [0, 0.1) is 13.8 Å². The molecule has 0 unspecified atom stereocenters. The lowest BCUT2D eigenvalue weighted by atomic mass is 10.1. The van der Waals surface area contributed by atoms with Crippen LogP contribution in [-0.2, 0) is 9.59 Å². The first kappa shape index (κ1) is 16.0. The second kappa shape index (κ2) is 6.41. The number of benzene rings is 1. The highest BCUT2D eigenvalue weighted by Gasteiger charge is 2.28. The van der Waals surface area contributed by atoms with Gasteiger partial charge >= 0.3 is 5.97 Å². The van der Waals surface area contributed by atoms with Crippen LogP contribution in [0.4, 0.5) is 0 Å². The van der Waals surface area contributed by atoms with E-state index in [0.717, 1.165) is 16.9 Å². The van der Waals surface area contributed by atoms with Gasteiger partial charge < -0.3 is 15.2 Å². The van der Waals surface area contributed by atoms with Crippen LogP contribution >= 0.6 is 0 Å². The fourth-order valence-electron chi connectivity index (χ4n) is 1.58. The Morgan fingerprint density at radius 2 is 1.95 bits per heavy atom. The lowest BCUT2D eigenvalue weighted by molar-refractivity contribution is -0.146. The van der Waals surface area contributed by atoms with Gasteiger partial charge in [0.05, 0.1) is 13.0 Å². The van der Waals surface area contributed by atoms with Gasteiger partial charge in [0.2, 0.25) is 5.91 Å². The highest BCUT2D eigenvalue weighted by atomic mass is 16.5. The maximum absolute atomic E-state index is 11.7. The summed E-state index contributed by atoms with van der Waals surface area (Å²) in [6, 6.07) is 5.86. The molecule has 0 aromatic heterocycles. The van der Waals surface area contributed by atoms with Crippen LogP contribution < -0.4 is 10.1 Å². The molecule has 0 aliphatic heterocycles. The molecule has 0 bridgehead atoms. The number of nitrogens with one attached hydrogen (secondary N) is 1. The molecule has 2 N–H and O–H groups in total. The molecular formula is C15H21NO4. The number of rotatable bonds is 6. The summed E-state index contributed by atoms with van der Waals surface area (Å²) in [5, 5.41) is 11.4. The smallest absolute Gasteiger partial charge is 0.328 e. The molecule has 0 aliphatic rings. The van der Waals surface area contributed by atoms with E-state index in [9.17, 15) is 9.59 Å². The second-order valence-corrected chi connectivity index (χ2v) is 5.35. The quantitative estimate of drug-likeness (QED) is 0.835. The molecule has 0 aliphatic carbocycles. The summed E-state index contributed by atoms with van der Waals surface area (Å²) >= 11 is 0. The SMILES string of the molecule is Cc1ccc(C)c(OCCC(=O)NC(C)(C)C(=O)O)c1. The largest absolute Gasteiger partial charge is 0.493 e. The van der Waals surface area contributed by atoms with Gasteiger partial charge in [-0.05, 0) is 44.9 Å². The van der Waals surface area contributed by atoms with Crippen molar-refractivity contribution < 1.29 is 19.4 Å². The Morgan fingerprint density at radius 1 is 1.30 bits per heavy atom. The molecule has 0 saturated heterocycles. The molecule has 1 rings (SSSR count). The van der Waals surface area contributed by atoms with E-state index in [1.165, 1.54) is 13.8 Å². The van der Waals surface area contributed by atoms with Crippen LogP contribution in [0.5, 0.6) is 5.75 Å². The van der Waals surface area contributed by atoms with E-state index in [0.29, 0.717) is 0 Å². The number of aryl methyl sites for hydroxylation is 2. The summed E-state index contributed by atoms with van der Waals surface area (Å²) in [7, 11) is 0. The minimum atomic E-state index is -1.27. The highest BCUT2D eigenvalue weighted by molar-refractivity contribution is 5.86. The van der Waals surface area contributed by atoms with Gasteiger partial charge in [-0.15, -0.1) is 0 Å². The number of ether oxygens (including phenoxy) is 1. The first-order chi connectivity index (χ1) is 9.22. The van der Waals surface area contributed by atoms with Gasteiger partial charge in [-0.2, -0.15) is 0 Å². The fraction of sp³-hybridized carbons (Fsp3) is 0.467. The van der Waals surface area contributed by atoms with Gasteiger partial charge in [-0.3, -0.25) is 4.79 Å². The average Bonchev–Trinajstić information content (AvgIpc) is 2.32. The lowest BCUT2D eigenvalue weighted by Crippen LogP contribution is -2.49. The predicted molar refractivity (Wildman–Crippen MR) is 75.9 cm³/mol. The normalized spacial score (nSPS) is 11.0. The lowest BCUT2D eigenvalue weighted by Gasteiger charge is -2.21. The molecular weight excluding hydrogens is 258 g/mol. The van der Waals surface area contributed by atoms with E-state index in [-0.39, 0.29) is 18.9 Å². The third-order valence-electron chi connectivity index (χ3n) is 2.92. The van der Waals surface area contributed by atoms with Crippen molar-refractivity contribution >= 4 is 11.9 Å². The number of carboxylic acid groups (broad SMARTS) is 1. The molecule has 110 valence electrons. The minimum absolute atomic E-state index is 0.115. The fourth-order valence-corrected chi connectivity index (χ4v) is 1.58. The van der Waals surface area contributed by atoms with Crippen LogP contribution in [0.2, 0.25) is 0 Å². The van der Waals surface area contributed by atoms with Crippen LogP contribution in [0.1, 0.15) is 31.4 Å². The number of hydrogen-bond acceptors (Lipinski definition) is 3. The first-order valence-corrected chi connectivity index (χ1v) is 6.47. The van der Waals surface area contributed by atoms with E-state index >= 15 is 0 Å². The van der Waals surface area contributed by atoms with E-state index in [4.69, 9.17) is 9.84 Å². The van der Waals surface area contributed by atoms with E-state index in [1.807, 2.05) is 32.0 Å². The number of carbonyl (C=O) groups excluding carboxylic acids is 1. The minimum Gasteiger partial charge on any atom is -0.493 e. The Labute approximate surface area is 118 Å². The standard InChI is InChI=1S/C15H21NO4/c1-10-5-6-11(2)12(9-10)20-8-7-13(17)16-15(3,4)14(18)19/h5-6,9H,7-8H2,1-4H3,(H,16,17)(H,18,19). The zero-order valence-electron chi connectivity index (χ0n) is 12.3. The number of hydrogen-bond donors (Lipinski definition) is 2. The van der Waals surface area contributed by atoms with E-state index in [2.05, 4.69) is 5.32 Å². The predicted octanol–water partition coefficient (Wildman–Crippen LogP) is 2.05. The Bertz CT molecular complexity index is 509. The maximum atomic E-state index is 11.7. The van der Waals surface area contributed by atoms with Crippen LogP contribution in [-0.4, -0.2) is 29.1 Å². The molecule has 1 aromatic rings. The van der Waals surface area contributed by atoms with E-state index in [1.54, 1.807) is 0 Å². The third-order valence-corrected chi connectivity index (χ3v) is 2.92. The number of amides is 1. The van der Waals surface area contributed by atoms with Gasteiger partial charge in [-0.25, -0.2) is 4.79 Å². The van der Waals surface area contributed by atoms with Crippen LogP contribution in [0.15, 0.2) is 18.2 Å². The summed E-state index contributed by atoms with van der Waals surface area (Å²) in [6.45, 7) is 7.00. The van der Waals surface area contributed by atoms with Gasteiger partial charge in [0.25, 0.3) is 0 Å². The summed E-state index contributed by atoms with van der Waals surface area (Å²) in [6.07, 6.45) is 0.115. The molecule has 1 amide bonds. The number of carbonyl (C=O) groups is 2. The molecule has 0 heterocycles. The monoisotopic (exact) mass is 279 g/mol. The van der Waals surface area contributed by atoms with E-state index < -0.39 is 11.5 Å². The third kappa shape index (κ3) is 4.57. The summed E-state index contributed by atoms with van der Waals surface area (Å²) in [5.74, 6) is -0.667. The van der Waals surface area contributed by atoms with Crippen molar-refractivity contribution in [3.63, 3.8) is 0 Å². The Morgan fingerprint density at radius 3 is 2.55 bits per heavy atom. The van der Waals surface area contributed by atoms with Gasteiger partial charge in [0.1, 0.15) is 11.3 Å². The van der Waals surface area contributed by atoms with Crippen molar-refractivity contribution in [3.8, 4) is 5.75 Å². The molecule has 5 heteroatoms. The molecule has 0 atom stereocenters. The Hall–Kier alpha value is -2.04. The number of aliphatic carboxylic acids is 1.